The molecule has 2 unspecified atom stereocenters. The van der Waals surface area contributed by atoms with Gasteiger partial charge in [-0.1, -0.05) is 66.2 Å². The summed E-state index contributed by atoms with van der Waals surface area (Å²) in [7, 11) is -2.17. The molecule has 0 spiro atoms. The maximum atomic E-state index is 13.1. The largest absolute Gasteiger partial charge is 0.496 e. The van der Waals surface area contributed by atoms with Crippen LogP contribution in [0.4, 0.5) is 4.79 Å². The van der Waals surface area contributed by atoms with Gasteiger partial charge in [0.25, 0.3) is 10.1 Å². The van der Waals surface area contributed by atoms with E-state index in [0.29, 0.717) is 71.1 Å². The van der Waals surface area contributed by atoms with Gasteiger partial charge in [0.2, 0.25) is 0 Å². The standard InChI is InChI=1S/C45H57NO10S/c1-34-17-23-39(24-18-34)57(48,49)55-29-10-14-36-12-6-9-16-42(36)53-30-31-54-43-32-46(44(47)56-45(2,3)4)26-25-40(43)35-19-21-38(22-20-35)52-28-11-27-51-33-37-13-7-8-15-41(37)50-5/h6-9,12-13,15-24,40,43H,10-11,14,25-33H2,1-5H3. The monoisotopic (exact) mass is 803 g/mol. The third kappa shape index (κ3) is 13.8. The Hall–Kier alpha value is -4.62. The Morgan fingerprint density at radius 3 is 2.19 bits per heavy atom. The minimum absolute atomic E-state index is 0.0459. The Labute approximate surface area is 338 Å². The van der Waals surface area contributed by atoms with Crippen molar-refractivity contribution in [2.45, 2.75) is 82.5 Å². The van der Waals surface area contributed by atoms with E-state index in [-0.39, 0.29) is 29.6 Å². The highest BCUT2D eigenvalue weighted by Crippen LogP contribution is 2.33. The van der Waals surface area contributed by atoms with Crippen LogP contribution in [0.1, 0.15) is 68.2 Å². The number of nitrogens with zero attached hydrogens (tertiary/aromatic N) is 1. The van der Waals surface area contributed by atoms with Crippen LogP contribution in [0, 0.1) is 6.92 Å². The summed E-state index contributed by atoms with van der Waals surface area (Å²) in [4.78, 5) is 14.9. The molecule has 0 saturated carbocycles. The molecule has 57 heavy (non-hydrogen) atoms. The zero-order valence-corrected chi connectivity index (χ0v) is 34.6. The summed E-state index contributed by atoms with van der Waals surface area (Å²) in [5.74, 6) is 2.35. The van der Waals surface area contributed by atoms with E-state index in [1.165, 1.54) is 0 Å². The lowest BCUT2D eigenvalue weighted by atomic mass is 9.87. The molecule has 308 valence electrons. The molecule has 0 radical (unpaired) electrons. The highest BCUT2D eigenvalue weighted by Gasteiger charge is 2.35. The summed E-state index contributed by atoms with van der Waals surface area (Å²) in [6, 6.07) is 30.2. The highest BCUT2D eigenvalue weighted by molar-refractivity contribution is 7.86. The number of hydrogen-bond acceptors (Lipinski definition) is 10. The molecule has 1 aliphatic rings. The predicted octanol–water partition coefficient (Wildman–Crippen LogP) is 8.52. The van der Waals surface area contributed by atoms with Gasteiger partial charge in [0.05, 0.1) is 57.7 Å². The molecule has 5 rings (SSSR count). The number of piperidine rings is 1. The van der Waals surface area contributed by atoms with E-state index in [1.54, 1.807) is 36.3 Å². The molecular formula is C45H57NO10S. The van der Waals surface area contributed by atoms with Crippen molar-refractivity contribution in [3.05, 3.63) is 119 Å². The summed E-state index contributed by atoms with van der Waals surface area (Å²) in [5.41, 5.74) is 3.43. The molecule has 4 aromatic carbocycles. The van der Waals surface area contributed by atoms with E-state index >= 15 is 0 Å². The second-order valence-electron chi connectivity index (χ2n) is 15.0. The molecule has 1 heterocycles. The van der Waals surface area contributed by atoms with E-state index < -0.39 is 15.7 Å². The Balaban J connectivity index is 1.11. The van der Waals surface area contributed by atoms with Crippen LogP contribution in [-0.2, 0) is 41.5 Å². The second-order valence-corrected chi connectivity index (χ2v) is 16.6. The second kappa shape index (κ2) is 21.2. The van der Waals surface area contributed by atoms with Crippen molar-refractivity contribution in [3.8, 4) is 17.2 Å². The predicted molar refractivity (Wildman–Crippen MR) is 219 cm³/mol. The minimum atomic E-state index is -3.83. The first-order valence-corrected chi connectivity index (χ1v) is 21.0. The van der Waals surface area contributed by atoms with Gasteiger partial charge in [-0.3, -0.25) is 4.18 Å². The molecule has 1 fully saturated rings. The van der Waals surface area contributed by atoms with Gasteiger partial charge in [-0.15, -0.1) is 0 Å². The lowest BCUT2D eigenvalue weighted by Crippen LogP contribution is -2.48. The molecule has 1 aliphatic heterocycles. The molecule has 4 aromatic rings. The van der Waals surface area contributed by atoms with E-state index in [2.05, 4.69) is 12.1 Å². The fourth-order valence-electron chi connectivity index (χ4n) is 6.53. The van der Waals surface area contributed by atoms with Crippen molar-refractivity contribution in [2.24, 2.45) is 0 Å². The van der Waals surface area contributed by atoms with Gasteiger partial charge in [-0.2, -0.15) is 8.42 Å². The Morgan fingerprint density at radius 2 is 1.47 bits per heavy atom. The average Bonchev–Trinajstić information content (AvgIpc) is 3.20. The number of methoxy groups -OCH3 is 1. The van der Waals surface area contributed by atoms with Crippen molar-refractivity contribution < 1.29 is 45.8 Å². The van der Waals surface area contributed by atoms with Crippen LogP contribution in [0.2, 0.25) is 0 Å². The molecule has 0 N–H and O–H groups in total. The van der Waals surface area contributed by atoms with Crippen molar-refractivity contribution in [1.29, 1.82) is 0 Å². The Bertz CT molecular complexity index is 1940. The Kier molecular flexibility index (Phi) is 16.2. The van der Waals surface area contributed by atoms with Crippen molar-refractivity contribution in [2.75, 3.05) is 53.2 Å². The van der Waals surface area contributed by atoms with Crippen LogP contribution >= 0.6 is 0 Å². The maximum absolute atomic E-state index is 13.1. The lowest BCUT2D eigenvalue weighted by Gasteiger charge is -2.39. The van der Waals surface area contributed by atoms with Gasteiger partial charge >= 0.3 is 6.09 Å². The van der Waals surface area contributed by atoms with E-state index in [1.807, 2.05) is 88.4 Å². The van der Waals surface area contributed by atoms with Crippen LogP contribution in [0.3, 0.4) is 0 Å². The third-order valence-corrected chi connectivity index (χ3v) is 10.8. The smallest absolute Gasteiger partial charge is 0.410 e. The van der Waals surface area contributed by atoms with Gasteiger partial charge in [-0.05, 0) is 94.5 Å². The number of aryl methyl sites for hydroxylation is 2. The molecule has 0 bridgehead atoms. The summed E-state index contributed by atoms with van der Waals surface area (Å²) < 4.78 is 66.1. The fraction of sp³-hybridized carbons (Fsp3) is 0.444. The molecule has 2 atom stereocenters. The minimum Gasteiger partial charge on any atom is -0.496 e. The number of likely N-dealkylation sites (tertiary alicyclic amines) is 1. The van der Waals surface area contributed by atoms with Crippen LogP contribution in [0.25, 0.3) is 0 Å². The average molecular weight is 804 g/mol. The van der Waals surface area contributed by atoms with E-state index in [9.17, 15) is 13.2 Å². The van der Waals surface area contributed by atoms with Crippen LogP contribution in [0.15, 0.2) is 102 Å². The Morgan fingerprint density at radius 1 is 0.772 bits per heavy atom. The first kappa shape index (κ1) is 43.5. The number of para-hydroxylation sites is 2. The fourth-order valence-corrected chi connectivity index (χ4v) is 7.47. The summed E-state index contributed by atoms with van der Waals surface area (Å²) in [6.07, 6.45) is 1.88. The number of amides is 1. The van der Waals surface area contributed by atoms with Crippen molar-refractivity contribution in [1.82, 2.24) is 4.90 Å². The molecule has 1 amide bonds. The van der Waals surface area contributed by atoms with Crippen LogP contribution < -0.4 is 14.2 Å². The first-order valence-electron chi connectivity index (χ1n) is 19.6. The molecule has 12 heteroatoms. The highest BCUT2D eigenvalue weighted by atomic mass is 32.2. The maximum Gasteiger partial charge on any atom is 0.410 e. The molecule has 11 nitrogen and oxygen atoms in total. The zero-order valence-electron chi connectivity index (χ0n) is 33.8. The first-order chi connectivity index (χ1) is 27.4. The normalized spacial score (nSPS) is 15.9. The zero-order chi connectivity index (χ0) is 40.7. The topological polar surface area (TPSA) is 119 Å². The number of ether oxygens (including phenoxy) is 6. The van der Waals surface area contributed by atoms with Gasteiger partial charge in [0, 0.05) is 24.4 Å². The summed E-state index contributed by atoms with van der Waals surface area (Å²) >= 11 is 0. The van der Waals surface area contributed by atoms with Gasteiger partial charge in [0.1, 0.15) is 29.5 Å². The van der Waals surface area contributed by atoms with Gasteiger partial charge in [0.15, 0.2) is 0 Å². The van der Waals surface area contributed by atoms with Gasteiger partial charge in [-0.25, -0.2) is 4.79 Å². The number of rotatable bonds is 20. The van der Waals surface area contributed by atoms with Crippen LogP contribution in [0.5, 0.6) is 17.2 Å². The molecular weight excluding hydrogens is 747 g/mol. The lowest BCUT2D eigenvalue weighted by molar-refractivity contribution is -0.0358. The van der Waals surface area contributed by atoms with Crippen LogP contribution in [-0.4, -0.2) is 84.3 Å². The van der Waals surface area contributed by atoms with E-state index in [4.69, 9.17) is 32.6 Å². The molecule has 0 aliphatic carbocycles. The quantitative estimate of drug-likeness (QED) is 0.0636. The van der Waals surface area contributed by atoms with Gasteiger partial charge < -0.3 is 33.3 Å². The number of carbonyl (C=O) groups is 1. The third-order valence-electron chi connectivity index (χ3n) is 9.45. The number of carbonyl (C=O) groups excluding carboxylic acids is 1. The van der Waals surface area contributed by atoms with Crippen molar-refractivity contribution in [3.63, 3.8) is 0 Å². The number of hydrogen-bond donors (Lipinski definition) is 0. The van der Waals surface area contributed by atoms with Crippen molar-refractivity contribution >= 4 is 16.2 Å². The summed E-state index contributed by atoms with van der Waals surface area (Å²) in [5, 5.41) is 0. The SMILES string of the molecule is COc1ccccc1COCCCOc1ccc(C2CCN(C(=O)OC(C)(C)C)CC2OCCOc2ccccc2CCCOS(=O)(=O)c2ccc(C)cc2)cc1. The molecule has 0 aromatic heterocycles. The van der Waals surface area contributed by atoms with E-state index in [0.717, 1.165) is 40.2 Å². The summed E-state index contributed by atoms with van der Waals surface area (Å²) in [6.45, 7) is 10.6. The number of benzene rings is 4. The molecule has 1 saturated heterocycles.